The molecule has 0 aromatic heterocycles. The summed E-state index contributed by atoms with van der Waals surface area (Å²) in [6, 6.07) is 4.59. The Kier molecular flexibility index (Phi) is 6.29. The SMILES string of the molecule is CC(CCN)CCC(=O)Nc1c(F)cccc1Br. The van der Waals surface area contributed by atoms with E-state index >= 15 is 0 Å². The maximum Gasteiger partial charge on any atom is 0.224 e. The van der Waals surface area contributed by atoms with Crippen LogP contribution in [0.15, 0.2) is 22.7 Å². The van der Waals surface area contributed by atoms with E-state index in [1.54, 1.807) is 12.1 Å². The normalized spacial score (nSPS) is 12.2. The summed E-state index contributed by atoms with van der Waals surface area (Å²) in [6.07, 6.45) is 2.04. The van der Waals surface area contributed by atoms with E-state index in [0.717, 1.165) is 12.8 Å². The lowest BCUT2D eigenvalue weighted by Gasteiger charge is -2.11. The number of nitrogens with two attached hydrogens (primary N) is 1. The largest absolute Gasteiger partial charge is 0.330 e. The zero-order valence-electron chi connectivity index (χ0n) is 10.4. The Labute approximate surface area is 115 Å². The molecule has 3 N–H and O–H groups in total. The van der Waals surface area contributed by atoms with Gasteiger partial charge in [-0.05, 0) is 53.4 Å². The van der Waals surface area contributed by atoms with Gasteiger partial charge < -0.3 is 11.1 Å². The van der Waals surface area contributed by atoms with Gasteiger partial charge >= 0.3 is 0 Å². The molecule has 0 bridgehead atoms. The standard InChI is InChI=1S/C13H18BrFN2O/c1-9(7-8-16)5-6-12(18)17-13-10(14)3-2-4-11(13)15/h2-4,9H,5-8,16H2,1H3,(H,17,18). The molecular formula is C13H18BrFN2O. The molecule has 1 rings (SSSR count). The first-order valence-electron chi connectivity index (χ1n) is 5.98. The fourth-order valence-corrected chi connectivity index (χ4v) is 2.07. The zero-order chi connectivity index (χ0) is 13.5. The molecule has 0 aliphatic heterocycles. The molecule has 0 spiro atoms. The summed E-state index contributed by atoms with van der Waals surface area (Å²) in [5.74, 6) is -0.206. The molecule has 0 saturated heterocycles. The highest BCUT2D eigenvalue weighted by atomic mass is 79.9. The van der Waals surface area contributed by atoms with Crippen molar-refractivity contribution >= 4 is 27.5 Å². The Morgan fingerprint density at radius 2 is 2.22 bits per heavy atom. The Bertz CT molecular complexity index is 392. The number of anilines is 1. The molecule has 0 aliphatic rings. The van der Waals surface area contributed by atoms with Gasteiger partial charge in [-0.2, -0.15) is 0 Å². The predicted molar refractivity (Wildman–Crippen MR) is 74.8 cm³/mol. The first kappa shape index (κ1) is 15.1. The van der Waals surface area contributed by atoms with E-state index in [9.17, 15) is 9.18 Å². The van der Waals surface area contributed by atoms with Gasteiger partial charge in [0.2, 0.25) is 5.91 Å². The maximum atomic E-state index is 13.5. The van der Waals surface area contributed by atoms with Gasteiger partial charge in [-0.15, -0.1) is 0 Å². The number of carbonyl (C=O) groups excluding carboxylic acids is 1. The first-order valence-corrected chi connectivity index (χ1v) is 6.77. The van der Waals surface area contributed by atoms with Gasteiger partial charge in [-0.25, -0.2) is 4.39 Å². The van der Waals surface area contributed by atoms with E-state index in [1.165, 1.54) is 6.07 Å². The van der Waals surface area contributed by atoms with E-state index < -0.39 is 5.82 Å². The molecule has 0 saturated carbocycles. The number of benzene rings is 1. The van der Waals surface area contributed by atoms with Crippen molar-refractivity contribution in [2.24, 2.45) is 11.7 Å². The maximum absolute atomic E-state index is 13.5. The summed E-state index contributed by atoms with van der Waals surface area (Å²) in [6.45, 7) is 2.68. The number of carbonyl (C=O) groups is 1. The van der Waals surface area contributed by atoms with Gasteiger partial charge in [0.15, 0.2) is 0 Å². The summed E-state index contributed by atoms with van der Waals surface area (Å²) in [5, 5.41) is 2.58. The van der Waals surface area contributed by atoms with E-state index in [0.29, 0.717) is 23.4 Å². The molecule has 5 heteroatoms. The number of halogens is 2. The van der Waals surface area contributed by atoms with E-state index in [1.807, 2.05) is 0 Å². The smallest absolute Gasteiger partial charge is 0.224 e. The minimum absolute atomic E-state index is 0.176. The average molecular weight is 317 g/mol. The van der Waals surface area contributed by atoms with Crippen molar-refractivity contribution < 1.29 is 9.18 Å². The van der Waals surface area contributed by atoms with Gasteiger partial charge in [0.05, 0.1) is 5.69 Å². The second kappa shape index (κ2) is 7.48. The van der Waals surface area contributed by atoms with Gasteiger partial charge in [-0.3, -0.25) is 4.79 Å². The van der Waals surface area contributed by atoms with Crippen LogP contribution < -0.4 is 11.1 Å². The summed E-state index contributed by atoms with van der Waals surface area (Å²) in [7, 11) is 0. The summed E-state index contributed by atoms with van der Waals surface area (Å²) < 4.78 is 14.0. The monoisotopic (exact) mass is 316 g/mol. The van der Waals surface area contributed by atoms with Gasteiger partial charge in [0, 0.05) is 10.9 Å². The van der Waals surface area contributed by atoms with Gasteiger partial charge in [-0.1, -0.05) is 13.0 Å². The van der Waals surface area contributed by atoms with Crippen molar-refractivity contribution in [3.05, 3.63) is 28.5 Å². The van der Waals surface area contributed by atoms with E-state index in [2.05, 4.69) is 28.2 Å². The molecular weight excluding hydrogens is 299 g/mol. The lowest BCUT2D eigenvalue weighted by Crippen LogP contribution is -2.15. The van der Waals surface area contributed by atoms with Crippen LogP contribution in [0, 0.1) is 11.7 Å². The highest BCUT2D eigenvalue weighted by Gasteiger charge is 2.11. The molecule has 1 atom stereocenters. The number of amides is 1. The number of hydrogen-bond donors (Lipinski definition) is 2. The van der Waals surface area contributed by atoms with E-state index in [4.69, 9.17) is 5.73 Å². The van der Waals surface area contributed by atoms with E-state index in [-0.39, 0.29) is 11.6 Å². The van der Waals surface area contributed by atoms with Crippen molar-refractivity contribution in [3.8, 4) is 0 Å². The van der Waals surface area contributed by atoms with Crippen LogP contribution in [-0.4, -0.2) is 12.5 Å². The molecule has 0 radical (unpaired) electrons. The van der Waals surface area contributed by atoms with Crippen LogP contribution in [0.4, 0.5) is 10.1 Å². The molecule has 1 amide bonds. The Morgan fingerprint density at radius 3 is 2.83 bits per heavy atom. The van der Waals surface area contributed by atoms with Crippen molar-refractivity contribution in [1.82, 2.24) is 0 Å². The Balaban J connectivity index is 2.50. The molecule has 0 heterocycles. The van der Waals surface area contributed by atoms with Crippen LogP contribution in [0.25, 0.3) is 0 Å². The fraction of sp³-hybridized carbons (Fsp3) is 0.462. The fourth-order valence-electron chi connectivity index (χ4n) is 1.63. The third kappa shape index (κ3) is 4.74. The van der Waals surface area contributed by atoms with Crippen LogP contribution in [0.3, 0.4) is 0 Å². The summed E-state index contributed by atoms with van der Waals surface area (Å²) >= 11 is 3.21. The molecule has 18 heavy (non-hydrogen) atoms. The number of nitrogens with one attached hydrogen (secondary N) is 1. The first-order chi connectivity index (χ1) is 8.54. The van der Waals surface area contributed by atoms with Gasteiger partial charge in [0.25, 0.3) is 0 Å². The van der Waals surface area contributed by atoms with Crippen LogP contribution in [0.5, 0.6) is 0 Å². The summed E-state index contributed by atoms with van der Waals surface area (Å²) in [5.41, 5.74) is 5.65. The lowest BCUT2D eigenvalue weighted by molar-refractivity contribution is -0.116. The molecule has 1 aromatic rings. The van der Waals surface area contributed by atoms with Crippen LogP contribution in [0.1, 0.15) is 26.2 Å². The van der Waals surface area contributed by atoms with Crippen molar-refractivity contribution in [3.63, 3.8) is 0 Å². The molecule has 100 valence electrons. The predicted octanol–water partition coefficient (Wildman–Crippen LogP) is 3.29. The third-order valence-corrected chi connectivity index (χ3v) is 3.41. The Morgan fingerprint density at radius 1 is 1.50 bits per heavy atom. The molecule has 3 nitrogen and oxygen atoms in total. The average Bonchev–Trinajstić information content (AvgIpc) is 2.32. The molecule has 1 aromatic carbocycles. The van der Waals surface area contributed by atoms with Crippen LogP contribution in [-0.2, 0) is 4.79 Å². The quantitative estimate of drug-likeness (QED) is 0.846. The van der Waals surface area contributed by atoms with Crippen molar-refractivity contribution in [2.75, 3.05) is 11.9 Å². The number of para-hydroxylation sites is 1. The topological polar surface area (TPSA) is 55.1 Å². The van der Waals surface area contributed by atoms with Gasteiger partial charge in [0.1, 0.15) is 5.82 Å². The molecule has 0 aliphatic carbocycles. The minimum atomic E-state index is -0.437. The van der Waals surface area contributed by atoms with Crippen LogP contribution in [0.2, 0.25) is 0 Å². The Hall–Kier alpha value is -0.940. The van der Waals surface area contributed by atoms with Crippen molar-refractivity contribution in [1.29, 1.82) is 0 Å². The third-order valence-electron chi connectivity index (χ3n) is 2.75. The highest BCUT2D eigenvalue weighted by Crippen LogP contribution is 2.25. The minimum Gasteiger partial charge on any atom is -0.330 e. The van der Waals surface area contributed by atoms with Crippen LogP contribution >= 0.6 is 15.9 Å². The lowest BCUT2D eigenvalue weighted by atomic mass is 10.0. The highest BCUT2D eigenvalue weighted by molar-refractivity contribution is 9.10. The number of hydrogen-bond acceptors (Lipinski definition) is 2. The second-order valence-corrected chi connectivity index (χ2v) is 5.22. The molecule has 1 unspecified atom stereocenters. The zero-order valence-corrected chi connectivity index (χ0v) is 12.0. The van der Waals surface area contributed by atoms with Crippen molar-refractivity contribution in [2.45, 2.75) is 26.2 Å². The molecule has 0 fully saturated rings. The second-order valence-electron chi connectivity index (χ2n) is 4.37. The summed E-state index contributed by atoms with van der Waals surface area (Å²) in [4.78, 5) is 11.7. The number of rotatable bonds is 6.